The molecule has 1 N–H and O–H groups in total. The van der Waals surface area contributed by atoms with Crippen molar-refractivity contribution in [3.63, 3.8) is 0 Å². The maximum absolute atomic E-state index is 5.27. The summed E-state index contributed by atoms with van der Waals surface area (Å²) < 4.78 is 7.34. The summed E-state index contributed by atoms with van der Waals surface area (Å²) >= 11 is 0. The van der Waals surface area contributed by atoms with Crippen LogP contribution in [0.4, 0.5) is 0 Å². The fraction of sp³-hybridized carbons (Fsp3) is 0.400. The van der Waals surface area contributed by atoms with Crippen molar-refractivity contribution in [3.05, 3.63) is 48.0 Å². The predicted octanol–water partition coefficient (Wildman–Crippen LogP) is 2.32. The molecule has 1 aromatic carbocycles. The number of nitrogens with zero attached hydrogens (tertiary/aromatic N) is 2. The van der Waals surface area contributed by atoms with E-state index in [9.17, 15) is 0 Å². The van der Waals surface area contributed by atoms with Crippen LogP contribution in [0.3, 0.4) is 0 Å². The molecule has 1 heterocycles. The molecule has 2 aromatic rings. The fourth-order valence-electron chi connectivity index (χ4n) is 2.25. The zero-order chi connectivity index (χ0) is 13.7. The van der Waals surface area contributed by atoms with Crippen molar-refractivity contribution in [1.82, 2.24) is 14.9 Å². The number of hydrogen-bond acceptors (Lipinski definition) is 3. The number of nitrogens with one attached hydrogen (secondary N) is 1. The Morgan fingerprint density at radius 2 is 2.26 bits per heavy atom. The van der Waals surface area contributed by atoms with Crippen molar-refractivity contribution in [2.24, 2.45) is 7.05 Å². The van der Waals surface area contributed by atoms with E-state index in [4.69, 9.17) is 4.74 Å². The van der Waals surface area contributed by atoms with Gasteiger partial charge in [0.15, 0.2) is 0 Å². The van der Waals surface area contributed by atoms with Gasteiger partial charge in [0.1, 0.15) is 11.6 Å². The van der Waals surface area contributed by atoms with Crippen molar-refractivity contribution in [2.45, 2.75) is 18.9 Å². The van der Waals surface area contributed by atoms with Crippen LogP contribution in [-0.2, 0) is 13.5 Å². The average molecular weight is 259 g/mol. The second-order valence-corrected chi connectivity index (χ2v) is 4.61. The van der Waals surface area contributed by atoms with Gasteiger partial charge in [0.25, 0.3) is 0 Å². The van der Waals surface area contributed by atoms with Gasteiger partial charge in [-0.1, -0.05) is 12.1 Å². The van der Waals surface area contributed by atoms with E-state index < -0.39 is 0 Å². The molecule has 4 heteroatoms. The second kappa shape index (κ2) is 6.38. The quantitative estimate of drug-likeness (QED) is 0.865. The first-order chi connectivity index (χ1) is 9.24. The van der Waals surface area contributed by atoms with Gasteiger partial charge in [0, 0.05) is 31.9 Å². The Morgan fingerprint density at radius 1 is 1.42 bits per heavy atom. The molecule has 0 amide bonds. The lowest BCUT2D eigenvalue weighted by Gasteiger charge is -2.17. The van der Waals surface area contributed by atoms with E-state index in [1.165, 1.54) is 5.56 Å². The van der Waals surface area contributed by atoms with Crippen LogP contribution in [0.2, 0.25) is 0 Å². The first-order valence-electron chi connectivity index (χ1n) is 6.52. The number of imidazole rings is 1. The standard InChI is InChI=1S/C15H21N3O/c1-16-14(7-8-15-17-9-10-18(15)2)12-5-4-6-13(11-12)19-3/h4-6,9-11,14,16H,7-8H2,1-3H3. The number of aryl methyl sites for hydroxylation is 2. The molecule has 0 saturated carbocycles. The van der Waals surface area contributed by atoms with Gasteiger partial charge in [0.2, 0.25) is 0 Å². The number of rotatable bonds is 6. The number of benzene rings is 1. The Balaban J connectivity index is 2.05. The third kappa shape index (κ3) is 3.35. The van der Waals surface area contributed by atoms with E-state index in [1.807, 2.05) is 38.6 Å². The SMILES string of the molecule is CNC(CCc1nccn1C)c1cccc(OC)c1. The molecule has 0 bridgehead atoms. The van der Waals surface area contributed by atoms with Crippen molar-refractivity contribution in [2.75, 3.05) is 14.2 Å². The molecule has 1 atom stereocenters. The minimum Gasteiger partial charge on any atom is -0.497 e. The molecule has 0 aliphatic rings. The van der Waals surface area contributed by atoms with Gasteiger partial charge in [-0.3, -0.25) is 0 Å². The van der Waals surface area contributed by atoms with E-state index in [1.54, 1.807) is 7.11 Å². The van der Waals surface area contributed by atoms with Crippen LogP contribution < -0.4 is 10.1 Å². The monoisotopic (exact) mass is 259 g/mol. The normalized spacial score (nSPS) is 12.4. The number of ether oxygens (including phenoxy) is 1. The lowest BCUT2D eigenvalue weighted by atomic mass is 10.0. The molecule has 1 aromatic heterocycles. The molecule has 0 radical (unpaired) electrons. The van der Waals surface area contributed by atoms with Crippen molar-refractivity contribution in [3.8, 4) is 5.75 Å². The highest BCUT2D eigenvalue weighted by Crippen LogP contribution is 2.22. The summed E-state index contributed by atoms with van der Waals surface area (Å²) in [4.78, 5) is 4.36. The Kier molecular flexibility index (Phi) is 4.58. The maximum atomic E-state index is 5.27. The molecule has 4 nitrogen and oxygen atoms in total. The molecule has 0 fully saturated rings. The highest BCUT2D eigenvalue weighted by Gasteiger charge is 2.11. The zero-order valence-electron chi connectivity index (χ0n) is 11.8. The minimum absolute atomic E-state index is 0.312. The lowest BCUT2D eigenvalue weighted by molar-refractivity contribution is 0.413. The van der Waals surface area contributed by atoms with Crippen molar-refractivity contribution in [1.29, 1.82) is 0 Å². The van der Waals surface area contributed by atoms with Crippen LogP contribution >= 0.6 is 0 Å². The summed E-state index contributed by atoms with van der Waals surface area (Å²) in [5.41, 5.74) is 1.25. The van der Waals surface area contributed by atoms with Crippen LogP contribution in [0, 0.1) is 0 Å². The highest BCUT2D eigenvalue weighted by molar-refractivity contribution is 5.30. The van der Waals surface area contributed by atoms with Crippen LogP contribution in [0.5, 0.6) is 5.75 Å². The van der Waals surface area contributed by atoms with Gasteiger partial charge in [0.05, 0.1) is 7.11 Å². The molecule has 0 aliphatic heterocycles. The van der Waals surface area contributed by atoms with Crippen LogP contribution in [0.25, 0.3) is 0 Å². The molecule has 2 rings (SSSR count). The molecule has 0 aliphatic carbocycles. The topological polar surface area (TPSA) is 39.1 Å². The third-order valence-corrected chi connectivity index (χ3v) is 3.42. The van der Waals surface area contributed by atoms with Gasteiger partial charge in [-0.05, 0) is 31.2 Å². The first kappa shape index (κ1) is 13.6. The summed E-state index contributed by atoms with van der Waals surface area (Å²) in [5, 5.41) is 3.36. The van der Waals surface area contributed by atoms with Crippen LogP contribution in [0.1, 0.15) is 23.9 Å². The van der Waals surface area contributed by atoms with Gasteiger partial charge in [-0.25, -0.2) is 4.98 Å². The highest BCUT2D eigenvalue weighted by atomic mass is 16.5. The summed E-state index contributed by atoms with van der Waals surface area (Å²) in [6, 6.07) is 8.52. The van der Waals surface area contributed by atoms with Gasteiger partial charge >= 0.3 is 0 Å². The average Bonchev–Trinajstić information content (AvgIpc) is 2.85. The Labute approximate surface area is 114 Å². The summed E-state index contributed by atoms with van der Waals surface area (Å²) in [6.45, 7) is 0. The van der Waals surface area contributed by atoms with E-state index >= 15 is 0 Å². The van der Waals surface area contributed by atoms with Crippen LogP contribution in [0.15, 0.2) is 36.7 Å². The molecular weight excluding hydrogens is 238 g/mol. The smallest absolute Gasteiger partial charge is 0.119 e. The second-order valence-electron chi connectivity index (χ2n) is 4.61. The van der Waals surface area contributed by atoms with E-state index in [2.05, 4.69) is 27.0 Å². The van der Waals surface area contributed by atoms with Gasteiger partial charge in [-0.15, -0.1) is 0 Å². The Bertz CT molecular complexity index is 522. The minimum atomic E-state index is 0.312. The predicted molar refractivity (Wildman–Crippen MR) is 76.3 cm³/mol. The Morgan fingerprint density at radius 3 is 2.89 bits per heavy atom. The maximum Gasteiger partial charge on any atom is 0.119 e. The van der Waals surface area contributed by atoms with Crippen molar-refractivity contribution < 1.29 is 4.74 Å². The molecule has 0 spiro atoms. The third-order valence-electron chi connectivity index (χ3n) is 3.42. The first-order valence-corrected chi connectivity index (χ1v) is 6.52. The number of methoxy groups -OCH3 is 1. The molecule has 0 saturated heterocycles. The van der Waals surface area contributed by atoms with Gasteiger partial charge < -0.3 is 14.6 Å². The number of hydrogen-bond donors (Lipinski definition) is 1. The van der Waals surface area contributed by atoms with Gasteiger partial charge in [-0.2, -0.15) is 0 Å². The van der Waals surface area contributed by atoms with E-state index in [0.717, 1.165) is 24.4 Å². The zero-order valence-corrected chi connectivity index (χ0v) is 11.8. The van der Waals surface area contributed by atoms with E-state index in [0.29, 0.717) is 6.04 Å². The lowest BCUT2D eigenvalue weighted by Crippen LogP contribution is -2.17. The molecule has 1 unspecified atom stereocenters. The summed E-state index contributed by atoms with van der Waals surface area (Å²) in [5.74, 6) is 2.01. The summed E-state index contributed by atoms with van der Waals surface area (Å²) in [7, 11) is 5.71. The van der Waals surface area contributed by atoms with Crippen molar-refractivity contribution >= 4 is 0 Å². The fourth-order valence-corrected chi connectivity index (χ4v) is 2.25. The van der Waals surface area contributed by atoms with Crippen LogP contribution in [-0.4, -0.2) is 23.7 Å². The molecule has 19 heavy (non-hydrogen) atoms. The molecule has 102 valence electrons. The summed E-state index contributed by atoms with van der Waals surface area (Å²) in [6.07, 6.45) is 5.78. The van der Waals surface area contributed by atoms with E-state index in [-0.39, 0.29) is 0 Å². The largest absolute Gasteiger partial charge is 0.497 e. The Hall–Kier alpha value is -1.81. The number of aromatic nitrogens is 2. The molecular formula is C15H21N3O.